The lowest BCUT2D eigenvalue weighted by molar-refractivity contribution is 0.669. The number of hydrogen-bond donors (Lipinski definition) is 0. The molecule has 1 aliphatic rings. The highest BCUT2D eigenvalue weighted by atomic mass is 16.3. The Morgan fingerprint density at radius 2 is 0.871 bits per heavy atom. The lowest BCUT2D eigenvalue weighted by Crippen LogP contribution is -2.28. The van der Waals surface area contributed by atoms with Gasteiger partial charge in [0.05, 0.1) is 16.4 Å². The predicted octanol–water partition coefficient (Wildman–Crippen LogP) is 17.8. The molecule has 2 aromatic heterocycles. The minimum Gasteiger partial charge on any atom is -0.456 e. The van der Waals surface area contributed by atoms with Crippen molar-refractivity contribution in [1.82, 2.24) is 4.57 Å². The van der Waals surface area contributed by atoms with Crippen LogP contribution in [0.5, 0.6) is 0 Å². The van der Waals surface area contributed by atoms with E-state index in [9.17, 15) is 0 Å². The Balaban J connectivity index is 0.996. The van der Waals surface area contributed by atoms with Crippen molar-refractivity contribution in [2.24, 2.45) is 0 Å². The Labute approximate surface area is 406 Å². The van der Waals surface area contributed by atoms with E-state index >= 15 is 0 Å². The van der Waals surface area contributed by atoms with Crippen LogP contribution in [0.1, 0.15) is 22.3 Å². The van der Waals surface area contributed by atoms with Crippen LogP contribution in [0.15, 0.2) is 271 Å². The number of para-hydroxylation sites is 3. The van der Waals surface area contributed by atoms with Crippen LogP contribution in [0.4, 0.5) is 17.1 Å². The number of aromatic nitrogens is 1. The third kappa shape index (κ3) is 6.01. The van der Waals surface area contributed by atoms with Gasteiger partial charge in [-0.2, -0.15) is 0 Å². The number of benzene rings is 11. The number of rotatable bonds is 8. The number of anilines is 3. The van der Waals surface area contributed by atoms with Gasteiger partial charge in [0.15, 0.2) is 0 Å². The molecule has 2 heterocycles. The minimum absolute atomic E-state index is 0.482. The van der Waals surface area contributed by atoms with Gasteiger partial charge in [0.2, 0.25) is 0 Å². The summed E-state index contributed by atoms with van der Waals surface area (Å²) in [5.41, 5.74) is 20.1. The zero-order valence-corrected chi connectivity index (χ0v) is 38.2. The van der Waals surface area contributed by atoms with E-state index in [4.69, 9.17) is 4.42 Å². The van der Waals surface area contributed by atoms with E-state index in [2.05, 4.69) is 276 Å². The van der Waals surface area contributed by atoms with E-state index in [0.717, 1.165) is 61.3 Å². The second kappa shape index (κ2) is 16.0. The van der Waals surface area contributed by atoms with Gasteiger partial charge >= 0.3 is 0 Å². The molecule has 0 spiro atoms. The predicted molar refractivity (Wildman–Crippen MR) is 291 cm³/mol. The maximum absolute atomic E-state index is 6.78. The molecule has 0 radical (unpaired) electrons. The summed E-state index contributed by atoms with van der Waals surface area (Å²) in [4.78, 5) is 2.39. The Hall–Kier alpha value is -9.18. The molecule has 0 unspecified atom stereocenters. The number of nitrogens with zero attached hydrogens (tertiary/aromatic N) is 2. The molecular formula is C67H44N2O. The second-order valence-corrected chi connectivity index (χ2v) is 18.4. The third-order valence-electron chi connectivity index (χ3n) is 14.7. The van der Waals surface area contributed by atoms with E-state index in [1.54, 1.807) is 0 Å². The normalized spacial score (nSPS) is 12.7. The molecular weight excluding hydrogens is 849 g/mol. The molecule has 1 aliphatic carbocycles. The molecule has 0 saturated carbocycles. The van der Waals surface area contributed by atoms with E-state index in [1.807, 2.05) is 0 Å². The third-order valence-corrected chi connectivity index (χ3v) is 14.7. The first-order valence-electron chi connectivity index (χ1n) is 24.1. The van der Waals surface area contributed by atoms with Gasteiger partial charge in [-0.25, -0.2) is 0 Å². The van der Waals surface area contributed by atoms with Crippen molar-refractivity contribution in [2.45, 2.75) is 5.41 Å². The van der Waals surface area contributed by atoms with Crippen molar-refractivity contribution in [1.29, 1.82) is 0 Å². The van der Waals surface area contributed by atoms with Crippen LogP contribution in [0, 0.1) is 0 Å². The van der Waals surface area contributed by atoms with Gasteiger partial charge in [0.1, 0.15) is 11.2 Å². The lowest BCUT2D eigenvalue weighted by Gasteiger charge is -2.34. The first-order valence-corrected chi connectivity index (χ1v) is 24.1. The quantitative estimate of drug-likeness (QED) is 0.152. The van der Waals surface area contributed by atoms with E-state index in [-0.39, 0.29) is 0 Å². The van der Waals surface area contributed by atoms with Crippen molar-refractivity contribution in [3.05, 3.63) is 289 Å². The molecule has 0 fully saturated rings. The first kappa shape index (κ1) is 39.9. The van der Waals surface area contributed by atoms with Crippen molar-refractivity contribution in [2.75, 3.05) is 4.90 Å². The zero-order valence-electron chi connectivity index (χ0n) is 38.2. The number of fused-ring (bicyclic) bond motifs is 9. The van der Waals surface area contributed by atoms with Crippen LogP contribution < -0.4 is 4.90 Å². The van der Waals surface area contributed by atoms with Crippen molar-refractivity contribution in [3.63, 3.8) is 0 Å². The molecule has 0 N–H and O–H groups in total. The van der Waals surface area contributed by atoms with Gasteiger partial charge in [-0.05, 0) is 105 Å². The van der Waals surface area contributed by atoms with Gasteiger partial charge in [-0.3, -0.25) is 0 Å². The summed E-state index contributed by atoms with van der Waals surface area (Å²) >= 11 is 0. The van der Waals surface area contributed by atoms with Crippen LogP contribution in [0.25, 0.3) is 82.8 Å². The van der Waals surface area contributed by atoms with Crippen LogP contribution in [-0.4, -0.2) is 4.57 Å². The fraction of sp³-hybridized carbons (Fsp3) is 0.0149. The second-order valence-electron chi connectivity index (χ2n) is 18.4. The van der Waals surface area contributed by atoms with Crippen LogP contribution in [-0.2, 0) is 5.41 Å². The summed E-state index contributed by atoms with van der Waals surface area (Å²) in [6, 6.07) is 97.1. The lowest BCUT2D eigenvalue weighted by atomic mass is 9.68. The molecule has 0 atom stereocenters. The van der Waals surface area contributed by atoms with Crippen LogP contribution in [0.3, 0.4) is 0 Å². The molecule has 0 aliphatic heterocycles. The highest BCUT2D eigenvalue weighted by Crippen LogP contribution is 2.56. The summed E-state index contributed by atoms with van der Waals surface area (Å²) in [7, 11) is 0. The topological polar surface area (TPSA) is 21.3 Å². The van der Waals surface area contributed by atoms with Gasteiger partial charge in [0.25, 0.3) is 0 Å². The highest BCUT2D eigenvalue weighted by molar-refractivity contribution is 6.27. The van der Waals surface area contributed by atoms with Crippen molar-refractivity contribution >= 4 is 60.8 Å². The Morgan fingerprint density at radius 1 is 0.343 bits per heavy atom. The average Bonchev–Trinajstić information content (AvgIpc) is 4.08. The van der Waals surface area contributed by atoms with Gasteiger partial charge in [-0.15, -0.1) is 0 Å². The summed E-state index contributed by atoms with van der Waals surface area (Å²) in [5, 5.41) is 4.59. The Bertz CT molecular complexity index is 4030. The van der Waals surface area contributed by atoms with Gasteiger partial charge in [-0.1, -0.05) is 206 Å². The fourth-order valence-corrected chi connectivity index (χ4v) is 11.7. The summed E-state index contributed by atoms with van der Waals surface area (Å²) in [6.07, 6.45) is 0. The van der Waals surface area contributed by atoms with Crippen LogP contribution >= 0.6 is 0 Å². The fourth-order valence-electron chi connectivity index (χ4n) is 11.7. The van der Waals surface area contributed by atoms with Crippen LogP contribution in [0.2, 0.25) is 0 Å². The largest absolute Gasteiger partial charge is 0.456 e. The molecule has 11 aromatic carbocycles. The molecule has 0 amide bonds. The smallest absolute Gasteiger partial charge is 0.138 e. The average molecular weight is 893 g/mol. The molecule has 14 rings (SSSR count). The van der Waals surface area contributed by atoms with E-state index < -0.39 is 5.41 Å². The Kier molecular flexibility index (Phi) is 9.11. The van der Waals surface area contributed by atoms with E-state index in [1.165, 1.54) is 60.8 Å². The Morgan fingerprint density at radius 3 is 1.57 bits per heavy atom. The zero-order chi connectivity index (χ0) is 46.2. The van der Waals surface area contributed by atoms with Gasteiger partial charge in [0, 0.05) is 55.9 Å². The standard InChI is InChI=1S/C67H44N2O/c1-5-19-45(20-6-1)46-33-35-47(36-34-46)64-65-56-42-41-53(43-60(56)69(51-25-11-4-12-26-51)61(65)44-63-66(64)57-29-15-18-32-62(57)70-63)68(50-23-9-3-10-24-50)52-39-37-49(38-40-52)67(48-21-7-2-8-22-48)58-30-16-13-27-54(58)55-28-14-17-31-59(55)67/h1-44H. The molecule has 3 nitrogen and oxygen atoms in total. The first-order chi connectivity index (χ1) is 34.7. The molecule has 0 saturated heterocycles. The van der Waals surface area contributed by atoms with E-state index in [0.29, 0.717) is 0 Å². The molecule has 70 heavy (non-hydrogen) atoms. The highest BCUT2D eigenvalue weighted by Gasteiger charge is 2.45. The molecule has 13 aromatic rings. The maximum atomic E-state index is 6.78. The minimum atomic E-state index is -0.482. The molecule has 328 valence electrons. The summed E-state index contributed by atoms with van der Waals surface area (Å²) in [5.74, 6) is 0. The maximum Gasteiger partial charge on any atom is 0.138 e. The number of hydrogen-bond acceptors (Lipinski definition) is 2. The van der Waals surface area contributed by atoms with Gasteiger partial charge < -0.3 is 13.9 Å². The molecule has 3 heteroatoms. The summed E-state index contributed by atoms with van der Waals surface area (Å²) in [6.45, 7) is 0. The molecule has 0 bridgehead atoms. The van der Waals surface area contributed by atoms with Crippen molar-refractivity contribution in [3.8, 4) is 39.1 Å². The summed E-state index contributed by atoms with van der Waals surface area (Å²) < 4.78 is 9.20. The number of furan rings is 1. The SMILES string of the molecule is c1ccc(-c2ccc(-c3c4c(cc5c3c3ccc(N(c6ccccc6)c6ccc(C7(c8ccccc8)c8ccccc8-c8ccccc87)cc6)cc3n5-c3ccccc3)oc3ccccc34)cc2)cc1. The van der Waals surface area contributed by atoms with Crippen molar-refractivity contribution < 1.29 is 4.42 Å². The monoisotopic (exact) mass is 892 g/mol.